The molecule has 2 aromatic carbocycles. The fourth-order valence-corrected chi connectivity index (χ4v) is 3.44. The molecule has 0 spiro atoms. The number of para-hydroxylation sites is 1. The van der Waals surface area contributed by atoms with E-state index in [0.29, 0.717) is 30.7 Å². The second kappa shape index (κ2) is 7.72. The molecule has 0 saturated heterocycles. The normalized spacial score (nSPS) is 16.1. The molecule has 0 aliphatic carbocycles. The lowest BCUT2D eigenvalue weighted by Crippen LogP contribution is -2.35. The highest BCUT2D eigenvalue weighted by Gasteiger charge is 2.21. The largest absolute Gasteiger partial charge is 0.457 e. The summed E-state index contributed by atoms with van der Waals surface area (Å²) in [5, 5.41) is 7.35. The number of benzene rings is 2. The van der Waals surface area contributed by atoms with Crippen LogP contribution in [0.15, 0.2) is 59.4 Å². The van der Waals surface area contributed by atoms with E-state index in [-0.39, 0.29) is 17.6 Å². The summed E-state index contributed by atoms with van der Waals surface area (Å²) >= 11 is 0. The highest BCUT2D eigenvalue weighted by Crippen LogP contribution is 2.22. The maximum absolute atomic E-state index is 12.7. The molecule has 2 heterocycles. The first-order valence-corrected chi connectivity index (χ1v) is 9.37. The topological polar surface area (TPSA) is 78.2 Å². The molecule has 0 radical (unpaired) electrons. The van der Waals surface area contributed by atoms with Gasteiger partial charge in [-0.05, 0) is 43.2 Å². The van der Waals surface area contributed by atoms with Crippen LogP contribution in [-0.2, 0) is 20.0 Å². The number of fused-ring (bicyclic) bond motifs is 1. The van der Waals surface area contributed by atoms with Gasteiger partial charge in [-0.3, -0.25) is 9.36 Å². The molecule has 1 aromatic heterocycles. The van der Waals surface area contributed by atoms with Gasteiger partial charge in [-0.1, -0.05) is 24.3 Å². The highest BCUT2D eigenvalue weighted by atomic mass is 16.5. The molecular weight excluding hydrogens is 356 g/mol. The molecule has 1 aliphatic heterocycles. The number of aryl methyl sites for hydroxylation is 2. The smallest absolute Gasteiger partial charge is 0.345 e. The molecule has 4 rings (SSSR count). The van der Waals surface area contributed by atoms with E-state index in [1.807, 2.05) is 36.4 Å². The number of hydrogen-bond acceptors (Lipinski definition) is 4. The van der Waals surface area contributed by atoms with E-state index in [4.69, 9.17) is 4.74 Å². The molecule has 7 nitrogen and oxygen atoms in total. The quantitative estimate of drug-likeness (QED) is 0.757. The monoisotopic (exact) mass is 378 g/mol. The Balaban J connectivity index is 1.41. The standard InChI is InChI=1S/C21H22N4O3/c1-24-21(27)25-13-12-16(10-11-19(25)23-24)22-20(26)15-6-5-9-18(14-15)28-17-7-3-2-4-8-17/h2-9,14,16H,10-13H2,1H3,(H,22,26). The number of ether oxygens (including phenoxy) is 1. The van der Waals surface area contributed by atoms with Gasteiger partial charge in [0, 0.05) is 31.6 Å². The lowest BCUT2D eigenvalue weighted by atomic mass is 10.1. The highest BCUT2D eigenvalue weighted by molar-refractivity contribution is 5.94. The summed E-state index contributed by atoms with van der Waals surface area (Å²) in [5.74, 6) is 1.97. The van der Waals surface area contributed by atoms with Gasteiger partial charge in [-0.15, -0.1) is 0 Å². The molecule has 1 N–H and O–H groups in total. The molecule has 0 bridgehead atoms. The summed E-state index contributed by atoms with van der Waals surface area (Å²) in [6, 6.07) is 16.6. The molecule has 3 aromatic rings. The Labute approximate surface area is 162 Å². The van der Waals surface area contributed by atoms with Crippen molar-refractivity contribution in [3.05, 3.63) is 76.5 Å². The summed E-state index contributed by atoms with van der Waals surface area (Å²) in [6.45, 7) is 0.560. The van der Waals surface area contributed by atoms with Crippen molar-refractivity contribution in [3.63, 3.8) is 0 Å². The first-order chi connectivity index (χ1) is 13.6. The van der Waals surface area contributed by atoms with Crippen molar-refractivity contribution in [2.45, 2.75) is 31.8 Å². The van der Waals surface area contributed by atoms with E-state index in [2.05, 4.69) is 10.4 Å². The van der Waals surface area contributed by atoms with Crippen molar-refractivity contribution in [1.29, 1.82) is 0 Å². The minimum atomic E-state index is -0.143. The van der Waals surface area contributed by atoms with Crippen molar-refractivity contribution in [2.24, 2.45) is 7.05 Å². The maximum atomic E-state index is 12.7. The number of nitrogens with one attached hydrogen (secondary N) is 1. The predicted octanol–water partition coefficient (Wildman–Crippen LogP) is 2.51. The molecule has 1 amide bonds. The van der Waals surface area contributed by atoms with Gasteiger partial charge in [0.25, 0.3) is 5.91 Å². The van der Waals surface area contributed by atoms with E-state index in [1.54, 1.807) is 29.8 Å². The number of carbonyl (C=O) groups excluding carboxylic acids is 1. The Morgan fingerprint density at radius 3 is 2.71 bits per heavy atom. The lowest BCUT2D eigenvalue weighted by Gasteiger charge is -2.16. The summed E-state index contributed by atoms with van der Waals surface area (Å²) in [5.41, 5.74) is 0.444. The molecule has 1 atom stereocenters. The SMILES string of the molecule is Cn1nc2n(c1=O)CCC(NC(=O)c1cccc(Oc3ccccc3)c1)CC2. The van der Waals surface area contributed by atoms with E-state index in [9.17, 15) is 9.59 Å². The first-order valence-electron chi connectivity index (χ1n) is 9.37. The van der Waals surface area contributed by atoms with Crippen LogP contribution in [0.25, 0.3) is 0 Å². The van der Waals surface area contributed by atoms with Crippen molar-refractivity contribution in [3.8, 4) is 11.5 Å². The first kappa shape index (κ1) is 18.0. The van der Waals surface area contributed by atoms with Gasteiger partial charge in [0.05, 0.1) is 0 Å². The van der Waals surface area contributed by atoms with Crippen LogP contribution >= 0.6 is 0 Å². The van der Waals surface area contributed by atoms with Crippen molar-refractivity contribution >= 4 is 5.91 Å². The van der Waals surface area contributed by atoms with Crippen LogP contribution in [0, 0.1) is 0 Å². The average Bonchev–Trinajstić information content (AvgIpc) is 2.86. The lowest BCUT2D eigenvalue weighted by molar-refractivity contribution is 0.0932. The molecule has 144 valence electrons. The van der Waals surface area contributed by atoms with Crippen molar-refractivity contribution in [1.82, 2.24) is 19.7 Å². The summed E-state index contributed by atoms with van der Waals surface area (Å²) in [7, 11) is 1.66. The number of hydrogen-bond donors (Lipinski definition) is 1. The Kier molecular flexibility index (Phi) is 4.97. The van der Waals surface area contributed by atoms with Gasteiger partial charge >= 0.3 is 5.69 Å². The second-order valence-corrected chi connectivity index (χ2v) is 6.91. The summed E-state index contributed by atoms with van der Waals surface area (Å²) < 4.78 is 8.87. The third-order valence-corrected chi connectivity index (χ3v) is 4.91. The summed E-state index contributed by atoms with van der Waals surface area (Å²) in [4.78, 5) is 24.8. The number of aromatic nitrogens is 3. The molecule has 1 aliphatic rings. The average molecular weight is 378 g/mol. The van der Waals surface area contributed by atoms with Gasteiger partial charge in [0.15, 0.2) is 0 Å². The Bertz CT molecular complexity index is 1040. The number of nitrogens with zero attached hydrogens (tertiary/aromatic N) is 3. The minimum absolute atomic E-state index is 0.00222. The van der Waals surface area contributed by atoms with Gasteiger partial charge in [0.1, 0.15) is 17.3 Å². The maximum Gasteiger partial charge on any atom is 0.345 e. The van der Waals surface area contributed by atoms with E-state index in [1.165, 1.54) is 4.68 Å². The van der Waals surface area contributed by atoms with Crippen LogP contribution in [0.1, 0.15) is 29.0 Å². The Morgan fingerprint density at radius 1 is 1.11 bits per heavy atom. The Hall–Kier alpha value is -3.35. The van der Waals surface area contributed by atoms with Crippen molar-refractivity contribution in [2.75, 3.05) is 0 Å². The van der Waals surface area contributed by atoms with Crippen LogP contribution < -0.4 is 15.7 Å². The van der Waals surface area contributed by atoms with Crippen LogP contribution in [-0.4, -0.2) is 26.3 Å². The van der Waals surface area contributed by atoms with Crippen molar-refractivity contribution < 1.29 is 9.53 Å². The number of rotatable bonds is 4. The fraction of sp³-hybridized carbons (Fsp3) is 0.286. The third kappa shape index (κ3) is 3.83. The van der Waals surface area contributed by atoms with Crippen LogP contribution in [0.4, 0.5) is 0 Å². The fourth-order valence-electron chi connectivity index (χ4n) is 3.44. The van der Waals surface area contributed by atoms with Crippen LogP contribution in [0.2, 0.25) is 0 Å². The molecule has 7 heteroatoms. The van der Waals surface area contributed by atoms with Crippen LogP contribution in [0.5, 0.6) is 11.5 Å². The summed E-state index contributed by atoms with van der Waals surface area (Å²) in [6.07, 6.45) is 2.12. The minimum Gasteiger partial charge on any atom is -0.457 e. The molecular formula is C21H22N4O3. The van der Waals surface area contributed by atoms with Gasteiger partial charge in [0.2, 0.25) is 0 Å². The molecule has 28 heavy (non-hydrogen) atoms. The Morgan fingerprint density at radius 2 is 1.89 bits per heavy atom. The van der Waals surface area contributed by atoms with E-state index >= 15 is 0 Å². The second-order valence-electron chi connectivity index (χ2n) is 6.91. The molecule has 1 unspecified atom stereocenters. The van der Waals surface area contributed by atoms with E-state index in [0.717, 1.165) is 18.0 Å². The van der Waals surface area contributed by atoms with Gasteiger partial charge in [-0.25, -0.2) is 9.48 Å². The molecule has 0 fully saturated rings. The van der Waals surface area contributed by atoms with Gasteiger partial charge < -0.3 is 10.1 Å². The zero-order valence-electron chi connectivity index (χ0n) is 15.7. The predicted molar refractivity (Wildman–Crippen MR) is 105 cm³/mol. The zero-order valence-corrected chi connectivity index (χ0v) is 15.7. The zero-order chi connectivity index (χ0) is 19.5. The van der Waals surface area contributed by atoms with Gasteiger partial charge in [-0.2, -0.15) is 5.10 Å². The number of amides is 1. The number of carbonyl (C=O) groups is 1. The third-order valence-electron chi connectivity index (χ3n) is 4.91. The molecule has 0 saturated carbocycles. The van der Waals surface area contributed by atoms with Crippen LogP contribution in [0.3, 0.4) is 0 Å². The van der Waals surface area contributed by atoms with E-state index < -0.39 is 0 Å².